The zero-order valence-electron chi connectivity index (χ0n) is 20.9. The highest BCUT2D eigenvalue weighted by Crippen LogP contribution is 2.41. The Labute approximate surface area is 214 Å². The van der Waals surface area contributed by atoms with Crippen LogP contribution in [0.3, 0.4) is 0 Å². The minimum atomic E-state index is -4.61. The van der Waals surface area contributed by atoms with Crippen molar-refractivity contribution in [3.8, 4) is 0 Å². The zero-order valence-corrected chi connectivity index (χ0v) is 20.9. The summed E-state index contributed by atoms with van der Waals surface area (Å²) >= 11 is 0. The van der Waals surface area contributed by atoms with Crippen LogP contribution in [-0.2, 0) is 11.0 Å². The number of benzene rings is 1. The first-order chi connectivity index (χ1) is 17.7. The number of carbonyl (C=O) groups is 2. The molecule has 37 heavy (non-hydrogen) atoms. The molecule has 10 heteroatoms. The highest BCUT2D eigenvalue weighted by molar-refractivity contribution is 6.01. The van der Waals surface area contributed by atoms with E-state index in [1.54, 1.807) is 12.3 Å². The topological polar surface area (TPSA) is 77.9 Å². The van der Waals surface area contributed by atoms with E-state index in [1.165, 1.54) is 23.1 Å². The first-order valence-electron chi connectivity index (χ1n) is 12.8. The summed E-state index contributed by atoms with van der Waals surface area (Å²) in [4.78, 5) is 38.7. The van der Waals surface area contributed by atoms with Gasteiger partial charge in [0.2, 0.25) is 5.91 Å². The van der Waals surface area contributed by atoms with Crippen LogP contribution >= 0.6 is 0 Å². The van der Waals surface area contributed by atoms with Crippen LogP contribution in [-0.4, -0.2) is 70.7 Å². The van der Waals surface area contributed by atoms with Crippen molar-refractivity contribution < 1.29 is 22.8 Å². The van der Waals surface area contributed by atoms with Gasteiger partial charge in [0.15, 0.2) is 5.84 Å². The van der Waals surface area contributed by atoms with Crippen molar-refractivity contribution in [2.24, 2.45) is 4.99 Å². The predicted octanol–water partition coefficient (Wildman–Crippen LogP) is 4.14. The number of aliphatic imine (C=N–C) groups is 1. The summed E-state index contributed by atoms with van der Waals surface area (Å²) < 4.78 is 40.3. The number of amidine groups is 1. The van der Waals surface area contributed by atoms with Gasteiger partial charge in [-0.2, -0.15) is 13.2 Å². The van der Waals surface area contributed by atoms with Crippen molar-refractivity contribution >= 4 is 17.6 Å². The number of hydrogen-bond acceptors (Lipinski definition) is 4. The third kappa shape index (κ3) is 6.29. The standard InChI is InChI=1S/C27H32F3N5O2/c1-2-3-7-15-32-25(37)26(12-13-26)33-23(22-11-6-8-14-31-22)34-16-18-35(19-17-34)24(36)20-9-4-5-10-21(20)27(28,29)30/h4-6,8-11,14H,2-3,7,12-13,15-19H2,1H3,(H,32,37). The summed E-state index contributed by atoms with van der Waals surface area (Å²) in [7, 11) is 0. The van der Waals surface area contributed by atoms with Crippen molar-refractivity contribution in [2.45, 2.75) is 50.7 Å². The molecule has 1 aliphatic heterocycles. The number of amides is 2. The summed E-state index contributed by atoms with van der Waals surface area (Å²) in [6.45, 7) is 3.91. The lowest BCUT2D eigenvalue weighted by molar-refractivity contribution is -0.138. The van der Waals surface area contributed by atoms with Crippen LogP contribution in [0, 0.1) is 0 Å². The van der Waals surface area contributed by atoms with E-state index in [0.717, 1.165) is 25.3 Å². The number of rotatable bonds is 8. The Bertz CT molecular complexity index is 1120. The molecule has 2 fully saturated rings. The molecule has 0 atom stereocenters. The van der Waals surface area contributed by atoms with Gasteiger partial charge in [0.25, 0.3) is 5.91 Å². The van der Waals surface area contributed by atoms with Gasteiger partial charge in [0, 0.05) is 38.9 Å². The molecule has 2 amide bonds. The molecule has 198 valence electrons. The van der Waals surface area contributed by atoms with Gasteiger partial charge < -0.3 is 15.1 Å². The quantitative estimate of drug-likeness (QED) is 0.326. The van der Waals surface area contributed by atoms with Crippen molar-refractivity contribution in [2.75, 3.05) is 32.7 Å². The number of carbonyl (C=O) groups excluding carboxylic acids is 2. The average Bonchev–Trinajstić information content (AvgIpc) is 3.70. The molecule has 2 aliphatic rings. The van der Waals surface area contributed by atoms with Gasteiger partial charge in [-0.15, -0.1) is 0 Å². The molecule has 1 N–H and O–H groups in total. The third-order valence-electron chi connectivity index (χ3n) is 6.76. The largest absolute Gasteiger partial charge is 0.417 e. The van der Waals surface area contributed by atoms with Crippen molar-refractivity contribution in [3.63, 3.8) is 0 Å². The van der Waals surface area contributed by atoms with Crippen LogP contribution in [0.15, 0.2) is 53.7 Å². The van der Waals surface area contributed by atoms with E-state index >= 15 is 0 Å². The molecule has 4 rings (SSSR count). The first-order valence-corrected chi connectivity index (χ1v) is 12.8. The van der Waals surface area contributed by atoms with Gasteiger partial charge in [0.1, 0.15) is 11.2 Å². The second-order valence-corrected chi connectivity index (χ2v) is 9.47. The van der Waals surface area contributed by atoms with Gasteiger partial charge in [-0.25, -0.2) is 4.99 Å². The molecule has 0 unspecified atom stereocenters. The van der Waals surface area contributed by atoms with Gasteiger partial charge in [-0.1, -0.05) is 38.0 Å². The van der Waals surface area contributed by atoms with E-state index < -0.39 is 23.2 Å². The fraction of sp³-hybridized carbons (Fsp3) is 0.481. The van der Waals surface area contributed by atoms with E-state index in [1.807, 2.05) is 17.0 Å². The fourth-order valence-electron chi connectivity index (χ4n) is 4.45. The molecule has 0 bridgehead atoms. The smallest absolute Gasteiger partial charge is 0.354 e. The zero-order chi connectivity index (χ0) is 26.5. The summed E-state index contributed by atoms with van der Waals surface area (Å²) in [6, 6.07) is 10.3. The molecule has 7 nitrogen and oxygen atoms in total. The van der Waals surface area contributed by atoms with Gasteiger partial charge >= 0.3 is 6.18 Å². The van der Waals surface area contributed by atoms with Crippen molar-refractivity contribution in [1.82, 2.24) is 20.1 Å². The molecule has 1 aromatic heterocycles. The number of hydrogen-bond donors (Lipinski definition) is 1. The SMILES string of the molecule is CCCCCNC(=O)C1(N=C(c2ccccn2)N2CCN(C(=O)c3ccccc3C(F)(F)F)CC2)CC1. The van der Waals surface area contributed by atoms with E-state index in [2.05, 4.69) is 17.2 Å². The Morgan fingerprint density at radius 3 is 2.30 bits per heavy atom. The Balaban J connectivity index is 1.50. The van der Waals surface area contributed by atoms with E-state index in [9.17, 15) is 22.8 Å². The van der Waals surface area contributed by atoms with Gasteiger partial charge in [-0.05, 0) is 43.5 Å². The number of piperazine rings is 1. The lowest BCUT2D eigenvalue weighted by Gasteiger charge is -2.37. The van der Waals surface area contributed by atoms with Crippen LogP contribution in [0.1, 0.15) is 60.6 Å². The van der Waals surface area contributed by atoms with E-state index in [-0.39, 0.29) is 24.6 Å². The fourth-order valence-corrected chi connectivity index (χ4v) is 4.45. The molecule has 1 aliphatic carbocycles. The number of pyridine rings is 1. The summed E-state index contributed by atoms with van der Waals surface area (Å²) in [5.74, 6) is -0.159. The third-order valence-corrected chi connectivity index (χ3v) is 6.76. The molecular formula is C27H32F3N5O2. The highest BCUT2D eigenvalue weighted by Gasteiger charge is 2.51. The van der Waals surface area contributed by atoms with Crippen LogP contribution in [0.25, 0.3) is 0 Å². The maximum absolute atomic E-state index is 13.4. The molecular weight excluding hydrogens is 483 g/mol. The van der Waals surface area contributed by atoms with E-state index in [0.29, 0.717) is 44.0 Å². The highest BCUT2D eigenvalue weighted by atomic mass is 19.4. The van der Waals surface area contributed by atoms with Crippen LogP contribution in [0.5, 0.6) is 0 Å². The second-order valence-electron chi connectivity index (χ2n) is 9.47. The minimum Gasteiger partial charge on any atom is -0.354 e. The lowest BCUT2D eigenvalue weighted by Crippen LogP contribution is -2.51. The summed E-state index contributed by atoms with van der Waals surface area (Å²) in [5.41, 5.74) is -1.48. The maximum Gasteiger partial charge on any atom is 0.417 e. The summed E-state index contributed by atoms with van der Waals surface area (Å²) in [6.07, 6.45) is 1.38. The molecule has 2 aromatic rings. The van der Waals surface area contributed by atoms with Gasteiger partial charge in [-0.3, -0.25) is 14.6 Å². The molecule has 2 heterocycles. The molecule has 1 saturated heterocycles. The Morgan fingerprint density at radius 2 is 1.68 bits per heavy atom. The number of nitrogens with one attached hydrogen (secondary N) is 1. The van der Waals surface area contributed by atoms with Crippen molar-refractivity contribution in [1.29, 1.82) is 0 Å². The van der Waals surface area contributed by atoms with Crippen LogP contribution < -0.4 is 5.32 Å². The number of aromatic nitrogens is 1. The van der Waals surface area contributed by atoms with Gasteiger partial charge in [0.05, 0.1) is 11.1 Å². The number of nitrogens with zero attached hydrogens (tertiary/aromatic N) is 4. The predicted molar refractivity (Wildman–Crippen MR) is 134 cm³/mol. The molecule has 0 spiro atoms. The van der Waals surface area contributed by atoms with E-state index in [4.69, 9.17) is 4.99 Å². The molecule has 0 radical (unpaired) electrons. The number of halogens is 3. The number of alkyl halides is 3. The normalized spacial score (nSPS) is 17.5. The maximum atomic E-state index is 13.4. The Morgan fingerprint density at radius 1 is 1.00 bits per heavy atom. The van der Waals surface area contributed by atoms with Crippen LogP contribution in [0.4, 0.5) is 13.2 Å². The lowest BCUT2D eigenvalue weighted by atomic mass is 10.1. The molecule has 1 saturated carbocycles. The minimum absolute atomic E-state index is 0.0883. The average molecular weight is 516 g/mol. The first kappa shape index (κ1) is 26.6. The summed E-state index contributed by atoms with van der Waals surface area (Å²) in [5, 5.41) is 3.01. The second kappa shape index (κ2) is 11.3. The Hall–Kier alpha value is -3.43. The van der Waals surface area contributed by atoms with Crippen molar-refractivity contribution in [3.05, 3.63) is 65.5 Å². The monoisotopic (exact) mass is 515 g/mol. The van der Waals surface area contributed by atoms with Crippen LogP contribution in [0.2, 0.25) is 0 Å². The Kier molecular flexibility index (Phi) is 8.14. The molecule has 1 aromatic carbocycles. The number of unbranched alkanes of at least 4 members (excludes halogenated alkanes) is 2.